The van der Waals surface area contributed by atoms with Crippen LogP contribution in [0.15, 0.2) is 24.3 Å². The molecule has 3 rings (SSSR count). The summed E-state index contributed by atoms with van der Waals surface area (Å²) in [6.07, 6.45) is 3.96. The minimum absolute atomic E-state index is 0.224. The topological polar surface area (TPSA) is 41.6 Å². The predicted octanol–water partition coefficient (Wildman–Crippen LogP) is 3.29. The van der Waals surface area contributed by atoms with Crippen LogP contribution in [-0.4, -0.2) is 9.55 Å². The van der Waals surface area contributed by atoms with Crippen molar-refractivity contribution in [2.75, 3.05) is 0 Å². The summed E-state index contributed by atoms with van der Waals surface area (Å²) < 4.78 is 2.32. The number of aromatic nitrogens is 2. The zero-order valence-electron chi connectivity index (χ0n) is 10.7. The number of fused-ring (bicyclic) bond motifs is 1. The number of para-hydroxylation sites is 2. The lowest BCUT2D eigenvalue weighted by Gasteiger charge is -2.15. The molecule has 1 aromatic heterocycles. The highest BCUT2D eigenvalue weighted by atomic mass is 15.1. The Balaban J connectivity index is 2.02. The van der Waals surface area contributed by atoms with Crippen molar-refractivity contribution in [1.82, 2.24) is 9.55 Å². The molecular weight excluding hydrogens is 222 g/mol. The van der Waals surface area contributed by atoms with Crippen molar-refractivity contribution in [2.45, 2.75) is 39.2 Å². The van der Waals surface area contributed by atoms with E-state index in [1.54, 1.807) is 0 Å². The molecule has 1 saturated carbocycles. The summed E-state index contributed by atoms with van der Waals surface area (Å²) in [5.74, 6) is 1.14. The first-order valence-corrected chi connectivity index (χ1v) is 6.59. The van der Waals surface area contributed by atoms with Gasteiger partial charge in [-0.2, -0.15) is 5.26 Å². The first kappa shape index (κ1) is 11.3. The number of nitriles is 1. The molecule has 3 heteroatoms. The number of hydrogen-bond acceptors (Lipinski definition) is 2. The number of hydrogen-bond donors (Lipinski definition) is 0. The van der Waals surface area contributed by atoms with E-state index in [2.05, 4.69) is 40.7 Å². The minimum atomic E-state index is 0.224. The van der Waals surface area contributed by atoms with Gasteiger partial charge < -0.3 is 4.57 Å². The molecule has 18 heavy (non-hydrogen) atoms. The summed E-state index contributed by atoms with van der Waals surface area (Å²) in [4.78, 5) is 4.68. The van der Waals surface area contributed by atoms with Crippen LogP contribution in [0.4, 0.5) is 0 Å². The maximum atomic E-state index is 8.94. The Labute approximate surface area is 107 Å². The number of nitrogens with zero attached hydrogens (tertiary/aromatic N) is 3. The molecule has 3 nitrogen and oxygen atoms in total. The quantitative estimate of drug-likeness (QED) is 0.821. The van der Waals surface area contributed by atoms with Crippen LogP contribution in [0.2, 0.25) is 0 Å². The van der Waals surface area contributed by atoms with Crippen molar-refractivity contribution in [3.05, 3.63) is 30.1 Å². The van der Waals surface area contributed by atoms with Crippen LogP contribution in [-0.2, 0) is 13.0 Å². The van der Waals surface area contributed by atoms with Crippen LogP contribution in [0.3, 0.4) is 0 Å². The highest BCUT2D eigenvalue weighted by Gasteiger charge is 2.43. The van der Waals surface area contributed by atoms with Crippen LogP contribution in [0, 0.1) is 16.7 Å². The van der Waals surface area contributed by atoms with E-state index >= 15 is 0 Å². The molecule has 0 amide bonds. The number of rotatable bonds is 4. The van der Waals surface area contributed by atoms with Crippen LogP contribution in [0.25, 0.3) is 11.0 Å². The lowest BCUT2D eigenvalue weighted by Crippen LogP contribution is -2.13. The largest absolute Gasteiger partial charge is 0.327 e. The van der Waals surface area contributed by atoms with Gasteiger partial charge in [0.1, 0.15) is 5.82 Å². The number of benzene rings is 1. The standard InChI is InChI=1S/C15H17N3/c1-2-14-17-12-5-3-4-6-13(12)18(14)11-15(7-8-15)9-10-16/h3-6H,2,7-9,11H2,1H3. The smallest absolute Gasteiger partial charge is 0.109 e. The van der Waals surface area contributed by atoms with Crippen LogP contribution < -0.4 is 0 Å². The molecule has 1 fully saturated rings. The molecule has 92 valence electrons. The summed E-state index contributed by atoms with van der Waals surface area (Å²) in [7, 11) is 0. The molecule has 0 unspecified atom stereocenters. The first-order chi connectivity index (χ1) is 8.78. The van der Waals surface area contributed by atoms with Gasteiger partial charge in [-0.1, -0.05) is 19.1 Å². The van der Waals surface area contributed by atoms with Crippen molar-refractivity contribution in [3.8, 4) is 6.07 Å². The van der Waals surface area contributed by atoms with E-state index < -0.39 is 0 Å². The molecular formula is C15H17N3. The van der Waals surface area contributed by atoms with Crippen LogP contribution >= 0.6 is 0 Å². The number of imidazole rings is 1. The van der Waals surface area contributed by atoms with E-state index in [0.29, 0.717) is 6.42 Å². The molecule has 1 heterocycles. The maximum Gasteiger partial charge on any atom is 0.109 e. The van der Waals surface area contributed by atoms with E-state index in [1.165, 1.54) is 18.4 Å². The molecule has 0 saturated heterocycles. The van der Waals surface area contributed by atoms with Gasteiger partial charge in [-0.05, 0) is 25.0 Å². The van der Waals surface area contributed by atoms with Gasteiger partial charge in [-0.25, -0.2) is 4.98 Å². The van der Waals surface area contributed by atoms with Crippen molar-refractivity contribution >= 4 is 11.0 Å². The predicted molar refractivity (Wildman–Crippen MR) is 71.0 cm³/mol. The Kier molecular flexibility index (Phi) is 2.59. The van der Waals surface area contributed by atoms with Gasteiger partial charge >= 0.3 is 0 Å². The second kappa shape index (κ2) is 4.13. The maximum absolute atomic E-state index is 8.94. The Bertz CT molecular complexity index is 614. The molecule has 1 aromatic carbocycles. The van der Waals surface area contributed by atoms with Gasteiger partial charge in [0, 0.05) is 24.8 Å². The molecule has 0 atom stereocenters. The number of aryl methyl sites for hydroxylation is 1. The molecule has 1 aliphatic rings. The van der Waals surface area contributed by atoms with Crippen molar-refractivity contribution in [2.24, 2.45) is 5.41 Å². The fraction of sp³-hybridized carbons (Fsp3) is 0.467. The second-order valence-electron chi connectivity index (χ2n) is 5.29. The molecule has 0 radical (unpaired) electrons. The summed E-state index contributed by atoms with van der Waals surface area (Å²) in [6, 6.07) is 10.6. The molecule has 2 aromatic rings. The third-order valence-corrected chi connectivity index (χ3v) is 3.95. The second-order valence-corrected chi connectivity index (χ2v) is 5.29. The summed E-state index contributed by atoms with van der Waals surface area (Å²) in [6.45, 7) is 3.09. The molecule has 0 N–H and O–H groups in total. The molecule has 1 aliphatic carbocycles. The Morgan fingerprint density at radius 3 is 2.83 bits per heavy atom. The average molecular weight is 239 g/mol. The van der Waals surface area contributed by atoms with Crippen molar-refractivity contribution in [3.63, 3.8) is 0 Å². The molecule has 0 aliphatic heterocycles. The first-order valence-electron chi connectivity index (χ1n) is 6.59. The van der Waals surface area contributed by atoms with E-state index in [9.17, 15) is 0 Å². The van der Waals surface area contributed by atoms with E-state index in [4.69, 9.17) is 5.26 Å². The third kappa shape index (κ3) is 1.78. The van der Waals surface area contributed by atoms with Crippen LogP contribution in [0.5, 0.6) is 0 Å². The van der Waals surface area contributed by atoms with Gasteiger partial charge in [0.05, 0.1) is 17.1 Å². The SMILES string of the molecule is CCc1nc2ccccc2n1CC1(CC#N)CC1. The lowest BCUT2D eigenvalue weighted by molar-refractivity contribution is 0.430. The van der Waals surface area contributed by atoms with Gasteiger partial charge in [-0.3, -0.25) is 0 Å². The average Bonchev–Trinajstić information content (AvgIpc) is 3.05. The van der Waals surface area contributed by atoms with Crippen LogP contribution in [0.1, 0.15) is 32.0 Å². The Hall–Kier alpha value is -1.82. The van der Waals surface area contributed by atoms with Gasteiger partial charge in [-0.15, -0.1) is 0 Å². The van der Waals surface area contributed by atoms with Gasteiger partial charge in [0.25, 0.3) is 0 Å². The highest BCUT2D eigenvalue weighted by molar-refractivity contribution is 5.75. The van der Waals surface area contributed by atoms with Crippen molar-refractivity contribution in [1.29, 1.82) is 5.26 Å². The normalized spacial score (nSPS) is 16.7. The highest BCUT2D eigenvalue weighted by Crippen LogP contribution is 2.50. The van der Waals surface area contributed by atoms with E-state index in [-0.39, 0.29) is 5.41 Å². The fourth-order valence-corrected chi connectivity index (χ4v) is 2.64. The fourth-order valence-electron chi connectivity index (χ4n) is 2.64. The van der Waals surface area contributed by atoms with Gasteiger partial charge in [0.15, 0.2) is 0 Å². The van der Waals surface area contributed by atoms with E-state index in [0.717, 1.165) is 24.3 Å². The van der Waals surface area contributed by atoms with E-state index in [1.807, 2.05) is 6.07 Å². The summed E-state index contributed by atoms with van der Waals surface area (Å²) in [5.41, 5.74) is 2.50. The zero-order chi connectivity index (χ0) is 12.6. The Morgan fingerprint density at radius 2 is 2.17 bits per heavy atom. The summed E-state index contributed by atoms with van der Waals surface area (Å²) in [5, 5.41) is 8.94. The molecule has 0 bridgehead atoms. The Morgan fingerprint density at radius 1 is 1.39 bits per heavy atom. The zero-order valence-corrected chi connectivity index (χ0v) is 10.7. The van der Waals surface area contributed by atoms with Gasteiger partial charge in [0.2, 0.25) is 0 Å². The third-order valence-electron chi connectivity index (χ3n) is 3.95. The lowest BCUT2D eigenvalue weighted by atomic mass is 10.0. The monoisotopic (exact) mass is 239 g/mol. The molecule has 0 spiro atoms. The van der Waals surface area contributed by atoms with Crippen molar-refractivity contribution < 1.29 is 0 Å². The summed E-state index contributed by atoms with van der Waals surface area (Å²) >= 11 is 0. The minimum Gasteiger partial charge on any atom is -0.327 e.